The van der Waals surface area contributed by atoms with Crippen LogP contribution >= 0.6 is 0 Å². The van der Waals surface area contributed by atoms with Crippen LogP contribution in [0.2, 0.25) is 0 Å². The minimum absolute atomic E-state index is 0.0844. The van der Waals surface area contributed by atoms with Crippen molar-refractivity contribution in [2.45, 2.75) is 50.2 Å². The summed E-state index contributed by atoms with van der Waals surface area (Å²) in [4.78, 5) is 53.0. The van der Waals surface area contributed by atoms with Crippen LogP contribution in [0.1, 0.15) is 31.2 Å². The number of carbonyl (C=O) groups is 4. The number of amides is 3. The van der Waals surface area contributed by atoms with Crippen LogP contribution in [0.5, 0.6) is 0 Å². The van der Waals surface area contributed by atoms with Crippen molar-refractivity contribution < 1.29 is 24.3 Å². The number of benzene rings is 1. The van der Waals surface area contributed by atoms with Gasteiger partial charge in [0.2, 0.25) is 17.7 Å². The molecule has 0 aliphatic carbocycles. The normalized spacial score (nSPS) is 16.6. The maximum absolute atomic E-state index is 12.9. The number of nitrogens with zero attached hydrogens (tertiary/aromatic N) is 1. The monoisotopic (exact) mass is 475 g/mol. The van der Waals surface area contributed by atoms with Gasteiger partial charge >= 0.3 is 5.97 Å². The lowest BCUT2D eigenvalue weighted by Gasteiger charge is -2.22. The van der Waals surface area contributed by atoms with Crippen LogP contribution in [-0.4, -0.2) is 72.5 Å². The Labute approximate surface area is 197 Å². The van der Waals surface area contributed by atoms with Crippen molar-refractivity contribution in [3.8, 4) is 0 Å². The smallest absolute Gasteiger partial charge is 0.326 e. The molecule has 1 fully saturated rings. The molecular formula is C22H33N7O5. The molecule has 9 N–H and O–H groups in total. The van der Waals surface area contributed by atoms with Crippen molar-refractivity contribution in [2.75, 3.05) is 19.6 Å². The van der Waals surface area contributed by atoms with Crippen molar-refractivity contribution >= 4 is 29.7 Å². The van der Waals surface area contributed by atoms with Crippen molar-refractivity contribution in [3.63, 3.8) is 0 Å². The largest absolute Gasteiger partial charge is 0.480 e. The second-order valence-corrected chi connectivity index (χ2v) is 8.02. The van der Waals surface area contributed by atoms with E-state index in [1.165, 1.54) is 0 Å². The molecule has 3 amide bonds. The molecule has 1 saturated heterocycles. The van der Waals surface area contributed by atoms with Gasteiger partial charge in [-0.3, -0.25) is 19.4 Å². The molecule has 12 nitrogen and oxygen atoms in total. The first-order chi connectivity index (χ1) is 16.3. The number of aliphatic imine (C=N–C) groups is 1. The van der Waals surface area contributed by atoms with Gasteiger partial charge in [0.25, 0.3) is 0 Å². The molecule has 0 spiro atoms. The lowest BCUT2D eigenvalue weighted by Crippen LogP contribution is -2.54. The zero-order valence-electron chi connectivity index (χ0n) is 19.0. The molecule has 1 aliphatic heterocycles. The summed E-state index contributed by atoms with van der Waals surface area (Å²) in [6, 6.07) is 6.34. The number of carboxylic acid groups (broad SMARTS) is 1. The van der Waals surface area contributed by atoms with Gasteiger partial charge in [-0.25, -0.2) is 4.79 Å². The number of nitrogens with one attached hydrogen (secondary N) is 4. The van der Waals surface area contributed by atoms with Crippen LogP contribution in [0.15, 0.2) is 35.3 Å². The standard InChI is InChI=1S/C22H33N7O5/c23-22(24)26-11-5-9-16(28-18(30)13-27-19(31)15-8-4-10-25-15)20(32)29-17(21(33)34)12-14-6-2-1-3-7-14/h1-3,6-7,15-17,25H,4-5,8-13H2,(H,27,31)(H,28,30)(H,29,32)(H,33,34)(H4,23,24,26). The molecule has 0 aromatic heterocycles. The third-order valence-corrected chi connectivity index (χ3v) is 5.29. The Morgan fingerprint density at radius 1 is 1.12 bits per heavy atom. The summed E-state index contributed by atoms with van der Waals surface area (Å²) in [6.45, 7) is 0.676. The molecule has 3 atom stereocenters. The fourth-order valence-electron chi connectivity index (χ4n) is 3.54. The summed E-state index contributed by atoms with van der Waals surface area (Å²) in [5.74, 6) is -2.79. The Bertz CT molecular complexity index is 868. The summed E-state index contributed by atoms with van der Waals surface area (Å²) < 4.78 is 0. The Morgan fingerprint density at radius 2 is 1.85 bits per heavy atom. The first kappa shape index (κ1) is 26.6. The highest BCUT2D eigenvalue weighted by molar-refractivity contribution is 5.92. The average molecular weight is 476 g/mol. The number of hydrogen-bond donors (Lipinski definition) is 7. The van der Waals surface area contributed by atoms with Crippen LogP contribution in [0.3, 0.4) is 0 Å². The van der Waals surface area contributed by atoms with Gasteiger partial charge in [0.05, 0.1) is 12.6 Å². The number of hydrogen-bond acceptors (Lipinski definition) is 6. The van der Waals surface area contributed by atoms with Gasteiger partial charge in [-0.2, -0.15) is 0 Å². The Balaban J connectivity index is 1.97. The van der Waals surface area contributed by atoms with E-state index in [2.05, 4.69) is 26.3 Å². The van der Waals surface area contributed by atoms with Gasteiger partial charge in [-0.05, 0) is 37.8 Å². The van der Waals surface area contributed by atoms with Gasteiger partial charge in [0.15, 0.2) is 5.96 Å². The molecule has 0 saturated carbocycles. The second kappa shape index (κ2) is 13.8. The van der Waals surface area contributed by atoms with Crippen LogP contribution in [0.25, 0.3) is 0 Å². The molecule has 34 heavy (non-hydrogen) atoms. The summed E-state index contributed by atoms with van der Waals surface area (Å²) in [5.41, 5.74) is 11.4. The topological polar surface area (TPSA) is 201 Å². The maximum Gasteiger partial charge on any atom is 0.326 e. The maximum atomic E-state index is 12.9. The molecule has 12 heteroatoms. The first-order valence-electron chi connectivity index (χ1n) is 11.2. The molecule has 186 valence electrons. The molecule has 2 rings (SSSR count). The van der Waals surface area contributed by atoms with E-state index < -0.39 is 29.9 Å². The van der Waals surface area contributed by atoms with Crippen LogP contribution in [0, 0.1) is 0 Å². The quantitative estimate of drug-likeness (QED) is 0.0984. The molecule has 0 radical (unpaired) electrons. The summed E-state index contributed by atoms with van der Waals surface area (Å²) in [5, 5.41) is 20.2. The van der Waals surface area contributed by atoms with E-state index >= 15 is 0 Å². The molecule has 0 bridgehead atoms. The van der Waals surface area contributed by atoms with Crippen molar-refractivity contribution in [1.82, 2.24) is 21.3 Å². The highest BCUT2D eigenvalue weighted by Gasteiger charge is 2.27. The highest BCUT2D eigenvalue weighted by atomic mass is 16.4. The summed E-state index contributed by atoms with van der Waals surface area (Å²) >= 11 is 0. The predicted molar refractivity (Wildman–Crippen MR) is 126 cm³/mol. The lowest BCUT2D eigenvalue weighted by atomic mass is 10.0. The van der Waals surface area contributed by atoms with E-state index in [-0.39, 0.29) is 43.8 Å². The van der Waals surface area contributed by atoms with Crippen molar-refractivity contribution in [2.24, 2.45) is 16.5 Å². The van der Waals surface area contributed by atoms with E-state index in [1.807, 2.05) is 6.07 Å². The minimum Gasteiger partial charge on any atom is -0.480 e. The fraction of sp³-hybridized carbons (Fsp3) is 0.500. The third-order valence-electron chi connectivity index (χ3n) is 5.29. The zero-order valence-corrected chi connectivity index (χ0v) is 19.0. The van der Waals surface area contributed by atoms with Crippen LogP contribution < -0.4 is 32.7 Å². The van der Waals surface area contributed by atoms with Crippen molar-refractivity contribution in [3.05, 3.63) is 35.9 Å². The van der Waals surface area contributed by atoms with E-state index in [0.29, 0.717) is 12.8 Å². The van der Waals surface area contributed by atoms with Gasteiger partial charge in [-0.15, -0.1) is 0 Å². The Hall–Kier alpha value is -3.67. The summed E-state index contributed by atoms with van der Waals surface area (Å²) in [7, 11) is 0. The second-order valence-electron chi connectivity index (χ2n) is 8.02. The molecule has 1 heterocycles. The molecule has 1 aromatic carbocycles. The average Bonchev–Trinajstić information content (AvgIpc) is 3.34. The van der Waals surface area contributed by atoms with Gasteiger partial charge < -0.3 is 37.8 Å². The fourth-order valence-corrected chi connectivity index (χ4v) is 3.54. The third kappa shape index (κ3) is 9.45. The first-order valence-corrected chi connectivity index (χ1v) is 11.2. The van der Waals surface area contributed by atoms with E-state index in [9.17, 15) is 24.3 Å². The predicted octanol–water partition coefficient (Wildman–Crippen LogP) is -1.79. The SMILES string of the molecule is NC(N)=NCCCC(NC(=O)CNC(=O)C1CCCN1)C(=O)NC(Cc1ccccc1)C(=O)O. The number of carbonyl (C=O) groups excluding carboxylic acids is 3. The van der Waals surface area contributed by atoms with E-state index in [0.717, 1.165) is 18.5 Å². The van der Waals surface area contributed by atoms with E-state index in [4.69, 9.17) is 11.5 Å². The summed E-state index contributed by atoms with van der Waals surface area (Å²) in [6.07, 6.45) is 2.20. The van der Waals surface area contributed by atoms with E-state index in [1.54, 1.807) is 24.3 Å². The van der Waals surface area contributed by atoms with Crippen molar-refractivity contribution in [1.29, 1.82) is 0 Å². The minimum atomic E-state index is -1.20. The molecule has 1 aromatic rings. The molecule has 3 unspecified atom stereocenters. The number of rotatable bonds is 13. The Kier molecular flexibility index (Phi) is 10.8. The number of carboxylic acids is 1. The highest BCUT2D eigenvalue weighted by Crippen LogP contribution is 2.06. The van der Waals surface area contributed by atoms with Crippen LogP contribution in [0.4, 0.5) is 0 Å². The number of aliphatic carboxylic acids is 1. The molecular weight excluding hydrogens is 442 g/mol. The van der Waals surface area contributed by atoms with Gasteiger partial charge in [0.1, 0.15) is 12.1 Å². The lowest BCUT2D eigenvalue weighted by molar-refractivity contribution is -0.142. The molecule has 1 aliphatic rings. The zero-order chi connectivity index (χ0) is 24.9. The van der Waals surface area contributed by atoms with Crippen LogP contribution in [-0.2, 0) is 25.6 Å². The Morgan fingerprint density at radius 3 is 2.47 bits per heavy atom. The van der Waals surface area contributed by atoms with Gasteiger partial charge in [0, 0.05) is 13.0 Å². The number of nitrogens with two attached hydrogens (primary N) is 2. The van der Waals surface area contributed by atoms with Gasteiger partial charge in [-0.1, -0.05) is 30.3 Å². The number of guanidine groups is 1.